The maximum absolute atomic E-state index is 10.8. The minimum Gasteiger partial charge on any atom is -0.493 e. The average molecular weight is 209 g/mol. The largest absolute Gasteiger partial charge is 0.493 e. The molecular weight excluding hydrogens is 198 g/mol. The molecule has 1 aromatic rings. The predicted molar refractivity (Wildman–Crippen MR) is 54.2 cm³/mol. The zero-order valence-corrected chi connectivity index (χ0v) is 8.44. The molecule has 0 atom stereocenters. The van der Waals surface area contributed by atoms with Crippen molar-refractivity contribution in [2.45, 2.75) is 0 Å². The standard InChI is InChI=1S/C10H11NO4/c1-14-8-4-3-7(5-9(8)15-2)11-10(13)6-12/h3-6H,1-2H3,(H,11,13). The van der Waals surface area contributed by atoms with Gasteiger partial charge in [-0.3, -0.25) is 9.59 Å². The normalized spacial score (nSPS) is 9.20. The lowest BCUT2D eigenvalue weighted by Gasteiger charge is -2.09. The zero-order valence-electron chi connectivity index (χ0n) is 8.44. The van der Waals surface area contributed by atoms with Gasteiger partial charge in [-0.2, -0.15) is 0 Å². The number of rotatable bonds is 4. The van der Waals surface area contributed by atoms with E-state index in [9.17, 15) is 9.59 Å². The number of hydrogen-bond donors (Lipinski definition) is 1. The first-order chi connectivity index (χ1) is 7.21. The summed E-state index contributed by atoms with van der Waals surface area (Å²) >= 11 is 0. The Balaban J connectivity index is 2.92. The van der Waals surface area contributed by atoms with Crippen LogP contribution >= 0.6 is 0 Å². The van der Waals surface area contributed by atoms with Crippen LogP contribution < -0.4 is 14.8 Å². The van der Waals surface area contributed by atoms with Crippen LogP contribution in [0.15, 0.2) is 18.2 Å². The Bertz CT molecular complexity index is 376. The van der Waals surface area contributed by atoms with Crippen molar-refractivity contribution in [1.29, 1.82) is 0 Å². The Morgan fingerprint density at radius 1 is 1.27 bits per heavy atom. The molecule has 0 radical (unpaired) electrons. The summed E-state index contributed by atoms with van der Waals surface area (Å²) in [6.45, 7) is 0. The third kappa shape index (κ3) is 2.70. The molecule has 0 aromatic heterocycles. The maximum atomic E-state index is 10.8. The molecule has 15 heavy (non-hydrogen) atoms. The van der Waals surface area contributed by atoms with Gasteiger partial charge in [0.2, 0.25) is 6.29 Å². The van der Waals surface area contributed by atoms with E-state index in [1.54, 1.807) is 18.2 Å². The number of amides is 1. The Hall–Kier alpha value is -2.04. The summed E-state index contributed by atoms with van der Waals surface area (Å²) < 4.78 is 10.0. The fourth-order valence-electron chi connectivity index (χ4n) is 1.09. The molecule has 0 aliphatic carbocycles. The van der Waals surface area contributed by atoms with E-state index in [0.29, 0.717) is 17.2 Å². The number of hydrogen-bond acceptors (Lipinski definition) is 4. The van der Waals surface area contributed by atoms with Gasteiger partial charge < -0.3 is 14.8 Å². The number of carbonyl (C=O) groups is 2. The van der Waals surface area contributed by atoms with E-state index in [1.807, 2.05) is 0 Å². The maximum Gasteiger partial charge on any atom is 0.288 e. The van der Waals surface area contributed by atoms with E-state index < -0.39 is 5.91 Å². The number of nitrogens with one attached hydrogen (secondary N) is 1. The van der Waals surface area contributed by atoms with Gasteiger partial charge in [0, 0.05) is 11.8 Å². The quantitative estimate of drug-likeness (QED) is 0.589. The molecule has 0 saturated heterocycles. The third-order valence-corrected chi connectivity index (χ3v) is 1.76. The molecule has 1 rings (SSSR count). The molecule has 0 aliphatic heterocycles. The van der Waals surface area contributed by atoms with Crippen molar-refractivity contribution in [3.8, 4) is 11.5 Å². The monoisotopic (exact) mass is 209 g/mol. The number of methoxy groups -OCH3 is 2. The van der Waals surface area contributed by atoms with Gasteiger partial charge in [0.25, 0.3) is 5.91 Å². The summed E-state index contributed by atoms with van der Waals surface area (Å²) in [4.78, 5) is 20.9. The number of ether oxygens (including phenoxy) is 2. The first kappa shape index (κ1) is 11.0. The minimum atomic E-state index is -0.706. The molecule has 0 fully saturated rings. The Morgan fingerprint density at radius 3 is 2.47 bits per heavy atom. The molecule has 1 amide bonds. The molecule has 80 valence electrons. The number of aldehydes is 1. The van der Waals surface area contributed by atoms with Crippen molar-refractivity contribution in [3.63, 3.8) is 0 Å². The summed E-state index contributed by atoms with van der Waals surface area (Å²) in [5, 5.41) is 2.38. The molecule has 1 aromatic carbocycles. The Morgan fingerprint density at radius 2 is 1.93 bits per heavy atom. The summed E-state index contributed by atoms with van der Waals surface area (Å²) in [5.41, 5.74) is 0.477. The summed E-state index contributed by atoms with van der Waals surface area (Å²) in [7, 11) is 3.00. The molecule has 5 nitrogen and oxygen atoms in total. The van der Waals surface area contributed by atoms with E-state index in [2.05, 4.69) is 5.32 Å². The summed E-state index contributed by atoms with van der Waals surface area (Å²) in [5.74, 6) is 0.338. The van der Waals surface area contributed by atoms with Gasteiger partial charge in [-0.15, -0.1) is 0 Å². The summed E-state index contributed by atoms with van der Waals surface area (Å²) in [6, 6.07) is 4.82. The molecule has 1 N–H and O–H groups in total. The molecule has 0 saturated carbocycles. The number of benzene rings is 1. The SMILES string of the molecule is COc1ccc(NC(=O)C=O)cc1OC. The lowest BCUT2D eigenvalue weighted by Crippen LogP contribution is -2.12. The third-order valence-electron chi connectivity index (χ3n) is 1.76. The van der Waals surface area contributed by atoms with Crippen LogP contribution in [-0.4, -0.2) is 26.4 Å². The van der Waals surface area contributed by atoms with Crippen LogP contribution in [0.4, 0.5) is 5.69 Å². The van der Waals surface area contributed by atoms with Gasteiger partial charge in [-0.05, 0) is 12.1 Å². The predicted octanol–water partition coefficient (Wildman–Crippen LogP) is 0.841. The molecule has 0 spiro atoms. The second-order valence-electron chi connectivity index (χ2n) is 2.68. The molecule has 0 unspecified atom stereocenters. The average Bonchev–Trinajstić information content (AvgIpc) is 2.28. The van der Waals surface area contributed by atoms with Crippen molar-refractivity contribution in [3.05, 3.63) is 18.2 Å². The van der Waals surface area contributed by atoms with E-state index in [-0.39, 0.29) is 6.29 Å². The number of anilines is 1. The second-order valence-corrected chi connectivity index (χ2v) is 2.68. The Labute approximate surface area is 87.0 Å². The van der Waals surface area contributed by atoms with Crippen LogP contribution in [0.2, 0.25) is 0 Å². The lowest BCUT2D eigenvalue weighted by molar-refractivity contribution is -0.127. The van der Waals surface area contributed by atoms with Gasteiger partial charge in [0.05, 0.1) is 14.2 Å². The van der Waals surface area contributed by atoms with Gasteiger partial charge in [-0.1, -0.05) is 0 Å². The molecule has 0 heterocycles. The highest BCUT2D eigenvalue weighted by Gasteiger charge is 2.06. The van der Waals surface area contributed by atoms with E-state index in [4.69, 9.17) is 9.47 Å². The van der Waals surface area contributed by atoms with Crippen LogP contribution in [0.3, 0.4) is 0 Å². The van der Waals surface area contributed by atoms with Crippen LogP contribution in [0.5, 0.6) is 11.5 Å². The molecule has 5 heteroatoms. The fourth-order valence-corrected chi connectivity index (χ4v) is 1.09. The van der Waals surface area contributed by atoms with Gasteiger partial charge in [0.1, 0.15) is 0 Å². The van der Waals surface area contributed by atoms with Crippen molar-refractivity contribution < 1.29 is 19.1 Å². The van der Waals surface area contributed by atoms with E-state index >= 15 is 0 Å². The molecule has 0 aliphatic rings. The highest BCUT2D eigenvalue weighted by Crippen LogP contribution is 2.29. The fraction of sp³-hybridized carbons (Fsp3) is 0.200. The smallest absolute Gasteiger partial charge is 0.288 e. The first-order valence-electron chi connectivity index (χ1n) is 4.19. The van der Waals surface area contributed by atoms with E-state index in [0.717, 1.165) is 0 Å². The Kier molecular flexibility index (Phi) is 3.68. The van der Waals surface area contributed by atoms with Crippen LogP contribution in [0.1, 0.15) is 0 Å². The van der Waals surface area contributed by atoms with Crippen molar-refractivity contribution in [2.24, 2.45) is 0 Å². The highest BCUT2D eigenvalue weighted by atomic mass is 16.5. The summed E-state index contributed by atoms with van der Waals surface area (Å²) in [6.07, 6.45) is 0.205. The van der Waals surface area contributed by atoms with Crippen LogP contribution in [0, 0.1) is 0 Å². The molecular formula is C10H11NO4. The van der Waals surface area contributed by atoms with Crippen molar-refractivity contribution in [2.75, 3.05) is 19.5 Å². The van der Waals surface area contributed by atoms with Crippen LogP contribution in [-0.2, 0) is 9.59 Å². The minimum absolute atomic E-state index is 0.205. The lowest BCUT2D eigenvalue weighted by atomic mass is 10.2. The first-order valence-corrected chi connectivity index (χ1v) is 4.19. The topological polar surface area (TPSA) is 64.6 Å². The second kappa shape index (κ2) is 4.99. The van der Waals surface area contributed by atoms with Gasteiger partial charge in [-0.25, -0.2) is 0 Å². The highest BCUT2D eigenvalue weighted by molar-refractivity contribution is 6.29. The van der Waals surface area contributed by atoms with Crippen molar-refractivity contribution in [1.82, 2.24) is 0 Å². The zero-order chi connectivity index (χ0) is 11.3. The van der Waals surface area contributed by atoms with Crippen molar-refractivity contribution >= 4 is 17.9 Å². The molecule has 0 bridgehead atoms. The van der Waals surface area contributed by atoms with Gasteiger partial charge >= 0.3 is 0 Å². The van der Waals surface area contributed by atoms with E-state index in [1.165, 1.54) is 14.2 Å². The van der Waals surface area contributed by atoms with Crippen LogP contribution in [0.25, 0.3) is 0 Å². The van der Waals surface area contributed by atoms with Gasteiger partial charge in [0.15, 0.2) is 11.5 Å². The number of carbonyl (C=O) groups excluding carboxylic acids is 2.